The Morgan fingerprint density at radius 3 is 2.61 bits per heavy atom. The third-order valence-corrected chi connectivity index (χ3v) is 5.77. The number of thiophene rings is 1. The van der Waals surface area contributed by atoms with Gasteiger partial charge in [0.25, 0.3) is 0 Å². The fourth-order valence-corrected chi connectivity index (χ4v) is 4.10. The van der Waals surface area contributed by atoms with Crippen LogP contribution in [0.15, 0.2) is 41.1 Å². The molecule has 10 heteroatoms. The molecule has 8 nitrogen and oxygen atoms in total. The van der Waals surface area contributed by atoms with Crippen LogP contribution in [0.25, 0.3) is 11.1 Å². The lowest BCUT2D eigenvalue weighted by Gasteiger charge is -2.08. The molecule has 1 aromatic carbocycles. The lowest BCUT2D eigenvalue weighted by molar-refractivity contribution is -0.113. The highest BCUT2D eigenvalue weighted by atomic mass is 32.2. The Morgan fingerprint density at radius 1 is 1.25 bits per heavy atom. The Labute approximate surface area is 169 Å². The van der Waals surface area contributed by atoms with Gasteiger partial charge in [0.15, 0.2) is 5.16 Å². The number of anilines is 1. The number of nitrogens with one attached hydrogen (secondary N) is 1. The van der Waals surface area contributed by atoms with Crippen molar-refractivity contribution in [2.24, 2.45) is 7.05 Å². The lowest BCUT2D eigenvalue weighted by atomic mass is 10.0. The van der Waals surface area contributed by atoms with Crippen LogP contribution in [0.1, 0.15) is 10.4 Å². The van der Waals surface area contributed by atoms with E-state index in [0.29, 0.717) is 27.0 Å². The van der Waals surface area contributed by atoms with Gasteiger partial charge in [0, 0.05) is 18.0 Å². The van der Waals surface area contributed by atoms with Crippen molar-refractivity contribution in [2.45, 2.75) is 5.16 Å². The van der Waals surface area contributed by atoms with Crippen LogP contribution >= 0.6 is 23.1 Å². The van der Waals surface area contributed by atoms with E-state index in [1.807, 2.05) is 29.6 Å². The third kappa shape index (κ3) is 4.34. The quantitative estimate of drug-likeness (QED) is 0.465. The molecule has 1 N–H and O–H groups in total. The minimum absolute atomic E-state index is 0.142. The van der Waals surface area contributed by atoms with E-state index in [4.69, 9.17) is 9.47 Å². The number of nitrogens with zero attached hydrogens (tertiary/aromatic N) is 3. The molecule has 3 aromatic rings. The Kier molecular flexibility index (Phi) is 6.32. The first-order valence-corrected chi connectivity index (χ1v) is 10.0. The van der Waals surface area contributed by atoms with Crippen LogP contribution in [-0.4, -0.2) is 46.6 Å². The summed E-state index contributed by atoms with van der Waals surface area (Å²) in [4.78, 5) is 24.7. The monoisotopic (exact) mass is 418 g/mol. The molecule has 0 bridgehead atoms. The van der Waals surface area contributed by atoms with Gasteiger partial charge in [0.05, 0.1) is 20.0 Å². The third-order valence-electron chi connectivity index (χ3n) is 3.84. The lowest BCUT2D eigenvalue weighted by Crippen LogP contribution is -2.16. The second-order valence-electron chi connectivity index (χ2n) is 5.63. The number of amides is 1. The topological polar surface area (TPSA) is 95.3 Å². The van der Waals surface area contributed by atoms with Crippen LogP contribution in [0.4, 0.5) is 5.00 Å². The second kappa shape index (κ2) is 8.89. The normalized spacial score (nSPS) is 10.5. The molecule has 2 aromatic heterocycles. The van der Waals surface area contributed by atoms with Crippen LogP contribution in [0.5, 0.6) is 5.75 Å². The van der Waals surface area contributed by atoms with Crippen molar-refractivity contribution in [1.82, 2.24) is 14.8 Å². The van der Waals surface area contributed by atoms with E-state index in [0.717, 1.165) is 5.56 Å². The van der Waals surface area contributed by atoms with E-state index >= 15 is 0 Å². The minimum atomic E-state index is -0.511. The molecule has 0 radical (unpaired) electrons. The number of aromatic nitrogens is 3. The number of hydrogen-bond donors (Lipinski definition) is 1. The molecule has 0 unspecified atom stereocenters. The maximum Gasteiger partial charge on any atom is 0.341 e. The van der Waals surface area contributed by atoms with Gasteiger partial charge in [0.2, 0.25) is 5.91 Å². The number of esters is 1. The largest absolute Gasteiger partial charge is 0.497 e. The summed E-state index contributed by atoms with van der Waals surface area (Å²) in [6.45, 7) is 0. The minimum Gasteiger partial charge on any atom is -0.497 e. The van der Waals surface area contributed by atoms with Crippen LogP contribution in [0, 0.1) is 0 Å². The van der Waals surface area contributed by atoms with E-state index in [1.165, 1.54) is 30.2 Å². The average molecular weight is 419 g/mol. The Hall–Kier alpha value is -2.85. The Bertz CT molecular complexity index is 982. The Morgan fingerprint density at radius 2 is 2.00 bits per heavy atom. The molecule has 3 rings (SSSR count). The number of aryl methyl sites for hydroxylation is 1. The van der Waals surface area contributed by atoms with Crippen molar-refractivity contribution in [3.8, 4) is 16.9 Å². The van der Waals surface area contributed by atoms with Crippen LogP contribution in [0.2, 0.25) is 0 Å². The van der Waals surface area contributed by atoms with Crippen molar-refractivity contribution >= 4 is 40.0 Å². The van der Waals surface area contributed by atoms with Crippen molar-refractivity contribution < 1.29 is 19.1 Å². The number of ether oxygens (including phenoxy) is 2. The molecule has 0 saturated heterocycles. The molecule has 0 aliphatic heterocycles. The van der Waals surface area contributed by atoms with Crippen LogP contribution in [0.3, 0.4) is 0 Å². The van der Waals surface area contributed by atoms with Gasteiger partial charge in [-0.15, -0.1) is 21.5 Å². The molecular formula is C18H18N4O4S2. The highest BCUT2D eigenvalue weighted by Crippen LogP contribution is 2.36. The van der Waals surface area contributed by atoms with Gasteiger partial charge < -0.3 is 19.4 Å². The molecule has 1 amide bonds. The van der Waals surface area contributed by atoms with Gasteiger partial charge in [-0.2, -0.15) is 0 Å². The van der Waals surface area contributed by atoms with Gasteiger partial charge in [-0.3, -0.25) is 4.79 Å². The van der Waals surface area contributed by atoms with Crippen molar-refractivity contribution in [1.29, 1.82) is 0 Å². The number of carbonyl (C=O) groups excluding carboxylic acids is 2. The van der Waals surface area contributed by atoms with Gasteiger partial charge in [0.1, 0.15) is 22.6 Å². The first kappa shape index (κ1) is 19.9. The van der Waals surface area contributed by atoms with E-state index in [2.05, 4.69) is 15.5 Å². The molecule has 2 heterocycles. The predicted octanol–water partition coefficient (Wildman–Crippen LogP) is 3.07. The predicted molar refractivity (Wildman–Crippen MR) is 108 cm³/mol. The fourth-order valence-electron chi connectivity index (χ4n) is 2.43. The van der Waals surface area contributed by atoms with Gasteiger partial charge in [-0.1, -0.05) is 23.9 Å². The summed E-state index contributed by atoms with van der Waals surface area (Å²) in [5.41, 5.74) is 1.84. The first-order valence-electron chi connectivity index (χ1n) is 8.14. The van der Waals surface area contributed by atoms with Crippen molar-refractivity contribution in [2.75, 3.05) is 25.3 Å². The molecule has 28 heavy (non-hydrogen) atoms. The highest BCUT2D eigenvalue weighted by molar-refractivity contribution is 7.99. The number of thioether (sulfide) groups is 1. The average Bonchev–Trinajstić information content (AvgIpc) is 3.32. The molecule has 0 spiro atoms. The molecule has 146 valence electrons. The van der Waals surface area contributed by atoms with Gasteiger partial charge in [-0.05, 0) is 17.7 Å². The number of benzene rings is 1. The molecule has 0 aliphatic carbocycles. The molecular weight excluding hydrogens is 400 g/mol. The van der Waals surface area contributed by atoms with Gasteiger partial charge in [-0.25, -0.2) is 4.79 Å². The molecule has 0 saturated carbocycles. The van der Waals surface area contributed by atoms with E-state index in [-0.39, 0.29) is 11.7 Å². The summed E-state index contributed by atoms with van der Waals surface area (Å²) in [5, 5.41) is 13.4. The SMILES string of the molecule is COC(=O)c1c(-c2ccc(OC)cc2)csc1NC(=O)CSc1nncn1C. The second-order valence-corrected chi connectivity index (χ2v) is 7.46. The zero-order valence-electron chi connectivity index (χ0n) is 15.5. The number of methoxy groups -OCH3 is 2. The molecule has 0 aliphatic rings. The van der Waals surface area contributed by atoms with E-state index in [1.54, 1.807) is 25.1 Å². The number of rotatable bonds is 7. The summed E-state index contributed by atoms with van der Waals surface area (Å²) < 4.78 is 11.8. The maximum absolute atomic E-state index is 12.4. The van der Waals surface area contributed by atoms with Gasteiger partial charge >= 0.3 is 5.97 Å². The maximum atomic E-state index is 12.4. The first-order chi connectivity index (χ1) is 13.5. The number of carbonyl (C=O) groups is 2. The summed E-state index contributed by atoms with van der Waals surface area (Å²) >= 11 is 2.53. The summed E-state index contributed by atoms with van der Waals surface area (Å²) in [7, 11) is 4.70. The molecule has 0 fully saturated rings. The van der Waals surface area contributed by atoms with Crippen molar-refractivity contribution in [3.05, 3.63) is 41.5 Å². The van der Waals surface area contributed by atoms with Crippen LogP contribution < -0.4 is 10.1 Å². The summed E-state index contributed by atoms with van der Waals surface area (Å²) in [6, 6.07) is 7.32. The number of hydrogen-bond acceptors (Lipinski definition) is 8. The van der Waals surface area contributed by atoms with E-state index < -0.39 is 5.97 Å². The Balaban J connectivity index is 1.80. The zero-order valence-corrected chi connectivity index (χ0v) is 17.1. The standard InChI is InChI=1S/C18H18N4O4S2/c1-22-10-19-21-18(22)28-9-14(23)20-16-15(17(24)26-3)13(8-27-16)11-4-6-12(25-2)7-5-11/h4-8,10H,9H2,1-3H3,(H,20,23). The van der Waals surface area contributed by atoms with Crippen LogP contribution in [-0.2, 0) is 16.6 Å². The summed E-state index contributed by atoms with van der Waals surface area (Å²) in [5.74, 6) is 0.0978. The zero-order chi connectivity index (χ0) is 20.1. The smallest absolute Gasteiger partial charge is 0.341 e. The fraction of sp³-hybridized carbons (Fsp3) is 0.222. The van der Waals surface area contributed by atoms with Crippen molar-refractivity contribution in [3.63, 3.8) is 0 Å². The highest BCUT2D eigenvalue weighted by Gasteiger charge is 2.22. The van der Waals surface area contributed by atoms with E-state index in [9.17, 15) is 9.59 Å². The summed E-state index contributed by atoms with van der Waals surface area (Å²) in [6.07, 6.45) is 1.57. The molecule has 0 atom stereocenters.